The van der Waals surface area contributed by atoms with Crippen molar-refractivity contribution in [3.05, 3.63) is 47.0 Å². The average molecular weight is 285 g/mol. The van der Waals surface area contributed by atoms with E-state index in [4.69, 9.17) is 0 Å². The first-order chi connectivity index (χ1) is 9.74. The second kappa shape index (κ2) is 8.84. The van der Waals surface area contributed by atoms with Crippen molar-refractivity contribution in [2.75, 3.05) is 0 Å². The van der Waals surface area contributed by atoms with Gasteiger partial charge in [-0.1, -0.05) is 69.4 Å². The third-order valence-electron chi connectivity index (χ3n) is 4.54. The van der Waals surface area contributed by atoms with Crippen LogP contribution in [0.4, 0.5) is 0 Å². The SMILES string of the molecule is CCCCCCCCc1cc2ccccc2c(C)c1C.N. The monoisotopic (exact) mass is 285 g/mol. The van der Waals surface area contributed by atoms with E-state index in [0.29, 0.717) is 0 Å². The second-order valence-corrected chi connectivity index (χ2v) is 6.02. The molecule has 0 saturated heterocycles. The molecule has 1 heteroatoms. The van der Waals surface area contributed by atoms with E-state index in [-0.39, 0.29) is 6.15 Å². The summed E-state index contributed by atoms with van der Waals surface area (Å²) in [4.78, 5) is 0. The summed E-state index contributed by atoms with van der Waals surface area (Å²) in [6.07, 6.45) is 9.50. The lowest BCUT2D eigenvalue weighted by Crippen LogP contribution is -1.95. The Morgan fingerprint density at radius 3 is 2.24 bits per heavy atom. The first kappa shape index (κ1) is 17.7. The summed E-state index contributed by atoms with van der Waals surface area (Å²) in [6, 6.07) is 11.2. The molecule has 0 atom stereocenters. The molecule has 0 saturated carbocycles. The van der Waals surface area contributed by atoms with Crippen LogP contribution < -0.4 is 6.15 Å². The molecule has 0 fully saturated rings. The fourth-order valence-corrected chi connectivity index (χ4v) is 3.06. The topological polar surface area (TPSA) is 35.0 Å². The highest BCUT2D eigenvalue weighted by Gasteiger charge is 2.06. The number of benzene rings is 2. The lowest BCUT2D eigenvalue weighted by molar-refractivity contribution is 0.607. The molecule has 0 aromatic heterocycles. The second-order valence-electron chi connectivity index (χ2n) is 6.02. The number of aryl methyl sites for hydroxylation is 2. The maximum atomic E-state index is 2.41. The molecule has 0 spiro atoms. The zero-order chi connectivity index (χ0) is 14.4. The predicted molar refractivity (Wildman–Crippen MR) is 95.5 cm³/mol. The molecule has 0 aliphatic rings. The number of rotatable bonds is 7. The highest BCUT2D eigenvalue weighted by atomic mass is 14.1. The van der Waals surface area contributed by atoms with Gasteiger partial charge in [0.2, 0.25) is 0 Å². The lowest BCUT2D eigenvalue weighted by atomic mass is 9.93. The van der Waals surface area contributed by atoms with Gasteiger partial charge in [0, 0.05) is 0 Å². The van der Waals surface area contributed by atoms with Gasteiger partial charge in [0.15, 0.2) is 0 Å². The summed E-state index contributed by atoms with van der Waals surface area (Å²) in [6.45, 7) is 6.83. The molecular formula is C20H31N. The normalized spacial score (nSPS) is 10.6. The molecule has 0 heterocycles. The third-order valence-corrected chi connectivity index (χ3v) is 4.54. The predicted octanol–water partition coefficient (Wildman–Crippen LogP) is 6.52. The van der Waals surface area contributed by atoms with Crippen LogP contribution in [-0.4, -0.2) is 0 Å². The minimum absolute atomic E-state index is 0. The maximum Gasteiger partial charge on any atom is -0.0152 e. The Morgan fingerprint density at radius 1 is 0.810 bits per heavy atom. The van der Waals surface area contributed by atoms with Gasteiger partial charge in [0.1, 0.15) is 0 Å². The van der Waals surface area contributed by atoms with Gasteiger partial charge in [-0.15, -0.1) is 0 Å². The van der Waals surface area contributed by atoms with Crippen molar-refractivity contribution in [2.24, 2.45) is 0 Å². The summed E-state index contributed by atoms with van der Waals surface area (Å²) in [5, 5.41) is 2.81. The Labute approximate surface area is 130 Å². The van der Waals surface area contributed by atoms with Crippen molar-refractivity contribution >= 4 is 10.8 Å². The molecule has 116 valence electrons. The molecule has 2 rings (SSSR count). The molecule has 0 bridgehead atoms. The largest absolute Gasteiger partial charge is 0.344 e. The Morgan fingerprint density at radius 2 is 1.48 bits per heavy atom. The quantitative estimate of drug-likeness (QED) is 0.577. The van der Waals surface area contributed by atoms with Gasteiger partial charge < -0.3 is 6.15 Å². The van der Waals surface area contributed by atoms with E-state index in [1.54, 1.807) is 5.56 Å². The summed E-state index contributed by atoms with van der Waals surface area (Å²) in [7, 11) is 0. The molecular weight excluding hydrogens is 254 g/mol. The van der Waals surface area contributed by atoms with Crippen LogP contribution >= 0.6 is 0 Å². The van der Waals surface area contributed by atoms with Crippen LogP contribution in [0.1, 0.15) is 62.1 Å². The first-order valence-electron chi connectivity index (χ1n) is 8.22. The number of fused-ring (bicyclic) bond motifs is 1. The van der Waals surface area contributed by atoms with Crippen molar-refractivity contribution in [3.63, 3.8) is 0 Å². The van der Waals surface area contributed by atoms with E-state index in [1.807, 2.05) is 0 Å². The highest BCUT2D eigenvalue weighted by Crippen LogP contribution is 2.26. The summed E-state index contributed by atoms with van der Waals surface area (Å²) in [5.74, 6) is 0. The van der Waals surface area contributed by atoms with Crippen molar-refractivity contribution in [1.29, 1.82) is 0 Å². The Kier molecular flexibility index (Phi) is 7.45. The van der Waals surface area contributed by atoms with Gasteiger partial charge in [0.05, 0.1) is 0 Å². The maximum absolute atomic E-state index is 2.41. The van der Waals surface area contributed by atoms with E-state index in [1.165, 1.54) is 66.8 Å². The minimum atomic E-state index is 0. The van der Waals surface area contributed by atoms with Crippen molar-refractivity contribution < 1.29 is 0 Å². The van der Waals surface area contributed by atoms with E-state index in [9.17, 15) is 0 Å². The number of hydrogen-bond acceptors (Lipinski definition) is 1. The first-order valence-corrected chi connectivity index (χ1v) is 8.22. The standard InChI is InChI=1S/C20H28.H3N/c1-4-5-6-7-8-9-12-18-15-19-13-10-11-14-20(19)17(3)16(18)2;/h10-11,13-15H,4-9,12H2,1-3H3;1H3. The van der Waals surface area contributed by atoms with Gasteiger partial charge in [-0.05, 0) is 54.2 Å². The Hall–Kier alpha value is -1.34. The number of unbranched alkanes of at least 4 members (excludes halogenated alkanes) is 5. The van der Waals surface area contributed by atoms with Crippen LogP contribution in [0.15, 0.2) is 30.3 Å². The van der Waals surface area contributed by atoms with Crippen molar-refractivity contribution in [1.82, 2.24) is 6.15 Å². The summed E-state index contributed by atoms with van der Waals surface area (Å²) in [5.41, 5.74) is 4.51. The summed E-state index contributed by atoms with van der Waals surface area (Å²) >= 11 is 0. The van der Waals surface area contributed by atoms with E-state index < -0.39 is 0 Å². The molecule has 0 aliphatic carbocycles. The Balaban J connectivity index is 0.00000220. The molecule has 3 N–H and O–H groups in total. The van der Waals surface area contributed by atoms with E-state index in [0.717, 1.165) is 0 Å². The van der Waals surface area contributed by atoms with Crippen molar-refractivity contribution in [2.45, 2.75) is 65.7 Å². The van der Waals surface area contributed by atoms with Crippen LogP contribution in [0.3, 0.4) is 0 Å². The zero-order valence-electron chi connectivity index (χ0n) is 14.0. The van der Waals surface area contributed by atoms with Crippen LogP contribution in [0.25, 0.3) is 10.8 Å². The van der Waals surface area contributed by atoms with Crippen LogP contribution in [0.2, 0.25) is 0 Å². The van der Waals surface area contributed by atoms with E-state index in [2.05, 4.69) is 51.1 Å². The van der Waals surface area contributed by atoms with E-state index >= 15 is 0 Å². The molecule has 0 radical (unpaired) electrons. The number of hydrogen-bond donors (Lipinski definition) is 1. The zero-order valence-corrected chi connectivity index (χ0v) is 14.0. The molecule has 21 heavy (non-hydrogen) atoms. The van der Waals surface area contributed by atoms with Gasteiger partial charge in [0.25, 0.3) is 0 Å². The fraction of sp³-hybridized carbons (Fsp3) is 0.500. The summed E-state index contributed by atoms with van der Waals surface area (Å²) < 4.78 is 0. The van der Waals surface area contributed by atoms with Crippen LogP contribution in [-0.2, 0) is 6.42 Å². The molecule has 2 aromatic carbocycles. The third kappa shape index (κ3) is 4.57. The molecule has 0 amide bonds. The molecule has 1 nitrogen and oxygen atoms in total. The molecule has 2 aromatic rings. The Bertz CT molecular complexity index is 557. The lowest BCUT2D eigenvalue weighted by Gasteiger charge is -2.12. The smallest absolute Gasteiger partial charge is 0.0152 e. The molecule has 0 unspecified atom stereocenters. The highest BCUT2D eigenvalue weighted by molar-refractivity contribution is 5.87. The van der Waals surface area contributed by atoms with Crippen LogP contribution in [0.5, 0.6) is 0 Å². The average Bonchev–Trinajstić information content (AvgIpc) is 2.47. The molecule has 0 aliphatic heterocycles. The fourth-order valence-electron chi connectivity index (χ4n) is 3.06. The van der Waals surface area contributed by atoms with Crippen molar-refractivity contribution in [3.8, 4) is 0 Å². The van der Waals surface area contributed by atoms with Gasteiger partial charge in [-0.25, -0.2) is 0 Å². The van der Waals surface area contributed by atoms with Crippen LogP contribution in [0, 0.1) is 13.8 Å². The minimum Gasteiger partial charge on any atom is -0.344 e. The van der Waals surface area contributed by atoms with Gasteiger partial charge in [-0.2, -0.15) is 0 Å². The van der Waals surface area contributed by atoms with Gasteiger partial charge in [-0.3, -0.25) is 0 Å². The van der Waals surface area contributed by atoms with Gasteiger partial charge >= 0.3 is 0 Å².